The van der Waals surface area contributed by atoms with Gasteiger partial charge in [0.1, 0.15) is 0 Å². The molecule has 3 heterocycles. The number of aromatic nitrogens is 2. The van der Waals surface area contributed by atoms with Crippen molar-refractivity contribution >= 4 is 15.9 Å². The lowest BCUT2D eigenvalue weighted by atomic mass is 9.71. The molecule has 0 aliphatic carbocycles. The Hall–Kier alpha value is -1.58. The number of carbonyl (C=O) groups is 1. The number of piperidine rings is 1. The molecule has 3 rings (SSSR count). The van der Waals surface area contributed by atoms with Gasteiger partial charge in [0.15, 0.2) is 0 Å². The zero-order chi connectivity index (χ0) is 18.1. The maximum absolute atomic E-state index is 12.6. The summed E-state index contributed by atoms with van der Waals surface area (Å²) in [6.07, 6.45) is 5.79. The van der Waals surface area contributed by atoms with E-state index < -0.39 is 10.0 Å². The largest absolute Gasteiger partial charge is 0.384 e. The van der Waals surface area contributed by atoms with Gasteiger partial charge < -0.3 is 9.64 Å². The van der Waals surface area contributed by atoms with Crippen molar-refractivity contribution in [2.45, 2.75) is 12.8 Å². The fourth-order valence-electron chi connectivity index (χ4n) is 3.99. The third-order valence-electron chi connectivity index (χ3n) is 5.50. The van der Waals surface area contributed by atoms with Crippen LogP contribution >= 0.6 is 0 Å². The minimum absolute atomic E-state index is 0.0500. The first-order valence-corrected chi connectivity index (χ1v) is 10.2. The number of ether oxygens (including phenoxy) is 1. The van der Waals surface area contributed by atoms with E-state index in [0.29, 0.717) is 38.3 Å². The predicted molar refractivity (Wildman–Crippen MR) is 91.4 cm³/mol. The summed E-state index contributed by atoms with van der Waals surface area (Å²) < 4.78 is 30.8. The molecule has 2 aliphatic rings. The summed E-state index contributed by atoms with van der Waals surface area (Å²) in [5.41, 5.74) is 0.412. The topological polar surface area (TPSA) is 92.7 Å². The van der Waals surface area contributed by atoms with Crippen molar-refractivity contribution in [3.8, 4) is 0 Å². The second-order valence-corrected chi connectivity index (χ2v) is 8.98. The zero-order valence-corrected chi connectivity index (χ0v) is 15.4. The van der Waals surface area contributed by atoms with Crippen LogP contribution in [-0.2, 0) is 14.8 Å². The Kier molecular flexibility index (Phi) is 5.08. The normalized spacial score (nSPS) is 23.9. The zero-order valence-electron chi connectivity index (χ0n) is 14.6. The molecule has 1 atom stereocenters. The SMILES string of the molecule is COC[C@@H]1CN(S(C)(=O)=O)CC12CCN(C(=O)c1ccnnc1)CC2. The smallest absolute Gasteiger partial charge is 0.255 e. The highest BCUT2D eigenvalue weighted by Gasteiger charge is 2.50. The summed E-state index contributed by atoms with van der Waals surface area (Å²) in [7, 11) is -1.58. The Morgan fingerprint density at radius 1 is 1.36 bits per heavy atom. The minimum atomic E-state index is -3.22. The average molecular weight is 368 g/mol. The molecule has 25 heavy (non-hydrogen) atoms. The van der Waals surface area contributed by atoms with Gasteiger partial charge >= 0.3 is 0 Å². The number of likely N-dealkylation sites (tertiary alicyclic amines) is 1. The van der Waals surface area contributed by atoms with Crippen LogP contribution in [0.15, 0.2) is 18.5 Å². The molecule has 1 amide bonds. The summed E-state index contributed by atoms with van der Waals surface area (Å²) in [6.45, 7) is 2.76. The number of rotatable bonds is 4. The van der Waals surface area contributed by atoms with Crippen molar-refractivity contribution < 1.29 is 17.9 Å². The van der Waals surface area contributed by atoms with Crippen LogP contribution < -0.4 is 0 Å². The molecule has 1 aromatic rings. The Bertz CT molecular complexity index is 717. The van der Waals surface area contributed by atoms with Gasteiger partial charge in [-0.3, -0.25) is 4.79 Å². The fourth-order valence-corrected chi connectivity index (χ4v) is 4.93. The molecule has 138 valence electrons. The van der Waals surface area contributed by atoms with Crippen LogP contribution in [0.1, 0.15) is 23.2 Å². The molecule has 0 aromatic carbocycles. The van der Waals surface area contributed by atoms with Crippen LogP contribution in [0.5, 0.6) is 0 Å². The Balaban J connectivity index is 1.71. The Morgan fingerprint density at radius 2 is 2.08 bits per heavy atom. The lowest BCUT2D eigenvalue weighted by molar-refractivity contribution is 0.0327. The van der Waals surface area contributed by atoms with Crippen LogP contribution in [0.3, 0.4) is 0 Å². The van der Waals surface area contributed by atoms with E-state index >= 15 is 0 Å². The van der Waals surface area contributed by atoms with E-state index in [1.54, 1.807) is 17.5 Å². The number of sulfonamides is 1. The standard InChI is InChI=1S/C16H24N4O4S/c1-24-11-14-10-20(25(2,22)23)12-16(14)4-7-19(8-5-16)15(21)13-3-6-17-18-9-13/h3,6,9,14H,4-5,7-8,10-12H2,1-2H3/t14-/m0/s1. The van der Waals surface area contributed by atoms with Crippen LogP contribution in [0.2, 0.25) is 0 Å². The van der Waals surface area contributed by atoms with Gasteiger partial charge in [-0.15, -0.1) is 0 Å². The van der Waals surface area contributed by atoms with Gasteiger partial charge in [-0.1, -0.05) is 0 Å². The van der Waals surface area contributed by atoms with Crippen LogP contribution in [-0.4, -0.2) is 79.9 Å². The van der Waals surface area contributed by atoms with E-state index in [-0.39, 0.29) is 17.2 Å². The van der Waals surface area contributed by atoms with Crippen molar-refractivity contribution in [2.75, 3.05) is 46.2 Å². The average Bonchev–Trinajstić information content (AvgIpc) is 2.95. The number of carbonyl (C=O) groups excluding carboxylic acids is 1. The monoisotopic (exact) mass is 368 g/mol. The lowest BCUT2D eigenvalue weighted by Crippen LogP contribution is -2.47. The van der Waals surface area contributed by atoms with Crippen LogP contribution in [0.25, 0.3) is 0 Å². The van der Waals surface area contributed by atoms with Gasteiger partial charge in [0.2, 0.25) is 10.0 Å². The molecule has 1 spiro atoms. The Morgan fingerprint density at radius 3 is 2.64 bits per heavy atom. The molecule has 2 saturated heterocycles. The second kappa shape index (κ2) is 6.97. The molecule has 8 nitrogen and oxygen atoms in total. The number of nitrogens with zero attached hydrogens (tertiary/aromatic N) is 4. The summed E-state index contributed by atoms with van der Waals surface area (Å²) in [6, 6.07) is 1.66. The molecule has 0 bridgehead atoms. The summed E-state index contributed by atoms with van der Waals surface area (Å²) in [4.78, 5) is 14.4. The van der Waals surface area contributed by atoms with E-state index in [9.17, 15) is 13.2 Å². The first-order chi connectivity index (χ1) is 11.9. The van der Waals surface area contributed by atoms with Gasteiger partial charge in [0.25, 0.3) is 5.91 Å². The van der Waals surface area contributed by atoms with E-state index in [4.69, 9.17) is 4.74 Å². The minimum Gasteiger partial charge on any atom is -0.384 e. The van der Waals surface area contributed by atoms with E-state index in [1.165, 1.54) is 18.6 Å². The molecule has 0 radical (unpaired) electrons. The summed E-state index contributed by atoms with van der Waals surface area (Å²) in [5, 5.41) is 7.45. The first-order valence-electron chi connectivity index (χ1n) is 8.36. The van der Waals surface area contributed by atoms with Gasteiger partial charge in [0.05, 0.1) is 30.8 Å². The third kappa shape index (κ3) is 3.68. The maximum atomic E-state index is 12.6. The quantitative estimate of drug-likeness (QED) is 0.756. The molecule has 0 saturated carbocycles. The summed E-state index contributed by atoms with van der Waals surface area (Å²) >= 11 is 0. The van der Waals surface area contributed by atoms with Gasteiger partial charge in [-0.2, -0.15) is 10.2 Å². The Labute approximate surface area is 148 Å². The molecule has 0 unspecified atom stereocenters. The fraction of sp³-hybridized carbons (Fsp3) is 0.688. The molecule has 9 heteroatoms. The first kappa shape index (κ1) is 18.2. The van der Waals surface area contributed by atoms with Crippen LogP contribution in [0.4, 0.5) is 0 Å². The molecular formula is C16H24N4O4S. The molecule has 1 aromatic heterocycles. The summed E-state index contributed by atoms with van der Waals surface area (Å²) in [5.74, 6) is 0.109. The van der Waals surface area contributed by atoms with Crippen LogP contribution in [0, 0.1) is 11.3 Å². The van der Waals surface area contributed by atoms with Crippen molar-refractivity contribution in [3.63, 3.8) is 0 Å². The van der Waals surface area contributed by atoms with Crippen molar-refractivity contribution in [3.05, 3.63) is 24.0 Å². The van der Waals surface area contributed by atoms with Crippen molar-refractivity contribution in [1.29, 1.82) is 0 Å². The molecule has 0 N–H and O–H groups in total. The van der Waals surface area contributed by atoms with E-state index in [2.05, 4.69) is 10.2 Å². The van der Waals surface area contributed by atoms with Crippen molar-refractivity contribution in [2.24, 2.45) is 11.3 Å². The van der Waals surface area contributed by atoms with E-state index in [0.717, 1.165) is 12.8 Å². The molecule has 2 aliphatic heterocycles. The van der Waals surface area contributed by atoms with Gasteiger partial charge in [-0.05, 0) is 24.3 Å². The number of methoxy groups -OCH3 is 1. The van der Waals surface area contributed by atoms with Gasteiger partial charge in [-0.25, -0.2) is 12.7 Å². The van der Waals surface area contributed by atoms with Crippen molar-refractivity contribution in [1.82, 2.24) is 19.4 Å². The highest BCUT2D eigenvalue weighted by Crippen LogP contribution is 2.45. The third-order valence-corrected chi connectivity index (χ3v) is 6.71. The number of hydrogen-bond acceptors (Lipinski definition) is 6. The number of amides is 1. The lowest BCUT2D eigenvalue weighted by Gasteiger charge is -2.42. The molecule has 2 fully saturated rings. The second-order valence-electron chi connectivity index (χ2n) is 6.99. The highest BCUT2D eigenvalue weighted by molar-refractivity contribution is 7.88. The molecular weight excluding hydrogens is 344 g/mol. The maximum Gasteiger partial charge on any atom is 0.255 e. The van der Waals surface area contributed by atoms with Gasteiger partial charge in [0, 0.05) is 39.2 Å². The predicted octanol–water partition coefficient (Wildman–Crippen LogP) is 0.237. The number of hydrogen-bond donors (Lipinski definition) is 0. The van der Waals surface area contributed by atoms with E-state index in [1.807, 2.05) is 4.90 Å². The highest BCUT2D eigenvalue weighted by atomic mass is 32.2.